The lowest BCUT2D eigenvalue weighted by molar-refractivity contribution is 0.0506. The SMILES string of the molecule is COCCn1cncc1C(C)NC(=O)OC(C)(C)C. The van der Waals surface area contributed by atoms with Crippen molar-refractivity contribution < 1.29 is 14.3 Å². The van der Waals surface area contributed by atoms with Crippen LogP contribution in [-0.2, 0) is 16.0 Å². The fraction of sp³-hybridized carbons (Fsp3) is 0.692. The van der Waals surface area contributed by atoms with Gasteiger partial charge in [0.2, 0.25) is 0 Å². The van der Waals surface area contributed by atoms with Crippen LogP contribution in [0.1, 0.15) is 39.4 Å². The Bertz CT molecular complexity index is 410. The van der Waals surface area contributed by atoms with Crippen molar-refractivity contribution in [1.82, 2.24) is 14.9 Å². The zero-order chi connectivity index (χ0) is 14.5. The number of imidazole rings is 1. The Hall–Kier alpha value is -1.56. The highest BCUT2D eigenvalue weighted by molar-refractivity contribution is 5.68. The van der Waals surface area contributed by atoms with Gasteiger partial charge in [0.05, 0.1) is 30.9 Å². The molecular formula is C13H23N3O3. The van der Waals surface area contributed by atoms with Gasteiger partial charge in [-0.2, -0.15) is 0 Å². The van der Waals surface area contributed by atoms with Gasteiger partial charge in [-0.3, -0.25) is 0 Å². The van der Waals surface area contributed by atoms with Gasteiger partial charge in [-0.25, -0.2) is 9.78 Å². The summed E-state index contributed by atoms with van der Waals surface area (Å²) in [6.07, 6.45) is 3.03. The molecule has 108 valence electrons. The summed E-state index contributed by atoms with van der Waals surface area (Å²) in [6, 6.07) is -0.172. The van der Waals surface area contributed by atoms with Crippen LogP contribution in [0.4, 0.5) is 4.79 Å². The molecular weight excluding hydrogens is 246 g/mol. The molecule has 0 aliphatic carbocycles. The number of ether oxygens (including phenoxy) is 2. The van der Waals surface area contributed by atoms with E-state index in [1.54, 1.807) is 19.6 Å². The van der Waals surface area contributed by atoms with Gasteiger partial charge in [0.15, 0.2) is 0 Å². The molecule has 1 amide bonds. The molecule has 0 aliphatic heterocycles. The zero-order valence-electron chi connectivity index (χ0n) is 12.3. The molecule has 0 bridgehead atoms. The van der Waals surface area contributed by atoms with Gasteiger partial charge in [0.25, 0.3) is 0 Å². The number of hydrogen-bond donors (Lipinski definition) is 1. The monoisotopic (exact) mass is 269 g/mol. The Morgan fingerprint density at radius 2 is 2.21 bits per heavy atom. The number of nitrogens with one attached hydrogen (secondary N) is 1. The fourth-order valence-electron chi connectivity index (χ4n) is 1.63. The van der Waals surface area contributed by atoms with Crippen LogP contribution >= 0.6 is 0 Å². The maximum absolute atomic E-state index is 11.7. The number of aromatic nitrogens is 2. The van der Waals surface area contributed by atoms with Crippen molar-refractivity contribution >= 4 is 6.09 Å². The third kappa shape index (κ3) is 5.30. The van der Waals surface area contributed by atoms with Crippen LogP contribution in [0.25, 0.3) is 0 Å². The number of carbonyl (C=O) groups excluding carboxylic acids is 1. The summed E-state index contributed by atoms with van der Waals surface area (Å²) in [4.78, 5) is 15.8. The number of rotatable bonds is 5. The van der Waals surface area contributed by atoms with E-state index in [1.807, 2.05) is 32.3 Å². The first-order chi connectivity index (χ1) is 8.83. The molecule has 0 radical (unpaired) electrons. The van der Waals surface area contributed by atoms with Crippen molar-refractivity contribution in [1.29, 1.82) is 0 Å². The Kier molecular flexibility index (Phi) is 5.35. The summed E-state index contributed by atoms with van der Waals surface area (Å²) < 4.78 is 12.2. The molecule has 6 nitrogen and oxygen atoms in total. The van der Waals surface area contributed by atoms with Gasteiger partial charge in [0.1, 0.15) is 5.60 Å². The van der Waals surface area contributed by atoms with E-state index in [-0.39, 0.29) is 6.04 Å². The minimum absolute atomic E-state index is 0.172. The molecule has 1 N–H and O–H groups in total. The van der Waals surface area contributed by atoms with Crippen molar-refractivity contribution in [3.8, 4) is 0 Å². The first kappa shape index (κ1) is 15.5. The van der Waals surface area contributed by atoms with Crippen molar-refractivity contribution in [2.75, 3.05) is 13.7 Å². The largest absolute Gasteiger partial charge is 0.444 e. The second-order valence-corrected chi connectivity index (χ2v) is 5.37. The van der Waals surface area contributed by atoms with Crippen LogP contribution in [0.15, 0.2) is 12.5 Å². The predicted molar refractivity (Wildman–Crippen MR) is 71.9 cm³/mol. The first-order valence-corrected chi connectivity index (χ1v) is 6.32. The van der Waals surface area contributed by atoms with Crippen LogP contribution in [-0.4, -0.2) is 35.0 Å². The molecule has 0 saturated heterocycles. The van der Waals surface area contributed by atoms with E-state index >= 15 is 0 Å². The maximum Gasteiger partial charge on any atom is 0.408 e. The zero-order valence-corrected chi connectivity index (χ0v) is 12.3. The number of carbonyl (C=O) groups is 1. The smallest absolute Gasteiger partial charge is 0.408 e. The fourth-order valence-corrected chi connectivity index (χ4v) is 1.63. The molecule has 1 rings (SSSR count). The van der Waals surface area contributed by atoms with Gasteiger partial charge in [-0.1, -0.05) is 0 Å². The van der Waals surface area contributed by atoms with Crippen LogP contribution in [0.3, 0.4) is 0 Å². The number of amides is 1. The van der Waals surface area contributed by atoms with Crippen molar-refractivity contribution in [3.63, 3.8) is 0 Å². The standard InChI is InChI=1S/C13H23N3O3/c1-10(15-12(17)19-13(2,3)4)11-8-14-9-16(11)6-7-18-5/h8-10H,6-7H2,1-5H3,(H,15,17). The van der Waals surface area contributed by atoms with E-state index in [4.69, 9.17) is 9.47 Å². The highest BCUT2D eigenvalue weighted by atomic mass is 16.6. The minimum Gasteiger partial charge on any atom is -0.444 e. The van der Waals surface area contributed by atoms with E-state index < -0.39 is 11.7 Å². The van der Waals surface area contributed by atoms with E-state index in [0.717, 1.165) is 5.69 Å². The highest BCUT2D eigenvalue weighted by Crippen LogP contribution is 2.13. The lowest BCUT2D eigenvalue weighted by atomic mass is 10.2. The first-order valence-electron chi connectivity index (χ1n) is 6.32. The minimum atomic E-state index is -0.500. The topological polar surface area (TPSA) is 65.4 Å². The van der Waals surface area contributed by atoms with Gasteiger partial charge in [0, 0.05) is 13.7 Å². The average molecular weight is 269 g/mol. The third-order valence-corrected chi connectivity index (χ3v) is 2.46. The molecule has 19 heavy (non-hydrogen) atoms. The Morgan fingerprint density at radius 1 is 1.53 bits per heavy atom. The molecule has 0 spiro atoms. The van der Waals surface area contributed by atoms with Crippen LogP contribution in [0.2, 0.25) is 0 Å². The van der Waals surface area contributed by atoms with Crippen LogP contribution < -0.4 is 5.32 Å². The lowest BCUT2D eigenvalue weighted by Crippen LogP contribution is -2.34. The molecule has 1 aromatic heterocycles. The summed E-state index contributed by atoms with van der Waals surface area (Å²) >= 11 is 0. The van der Waals surface area contributed by atoms with E-state index in [2.05, 4.69) is 10.3 Å². The molecule has 0 fully saturated rings. The van der Waals surface area contributed by atoms with Crippen LogP contribution in [0, 0.1) is 0 Å². The summed E-state index contributed by atoms with van der Waals surface area (Å²) in [5, 5.41) is 2.79. The molecule has 0 aliphatic rings. The van der Waals surface area contributed by atoms with Crippen molar-refractivity contribution in [2.45, 2.75) is 45.9 Å². The van der Waals surface area contributed by atoms with Crippen molar-refractivity contribution in [2.24, 2.45) is 0 Å². The quantitative estimate of drug-likeness (QED) is 0.889. The molecule has 1 atom stereocenters. The summed E-state index contributed by atoms with van der Waals surface area (Å²) in [7, 11) is 1.65. The van der Waals surface area contributed by atoms with E-state index in [0.29, 0.717) is 13.2 Å². The average Bonchev–Trinajstić information content (AvgIpc) is 2.71. The van der Waals surface area contributed by atoms with Gasteiger partial charge in [-0.15, -0.1) is 0 Å². The highest BCUT2D eigenvalue weighted by Gasteiger charge is 2.19. The Balaban J connectivity index is 2.60. The summed E-state index contributed by atoms with van der Waals surface area (Å²) in [5.74, 6) is 0. The second-order valence-electron chi connectivity index (χ2n) is 5.37. The second kappa shape index (κ2) is 6.56. The number of hydrogen-bond acceptors (Lipinski definition) is 4. The third-order valence-electron chi connectivity index (χ3n) is 2.46. The summed E-state index contributed by atoms with van der Waals surface area (Å²) in [5.41, 5.74) is 0.419. The van der Waals surface area contributed by atoms with Crippen LogP contribution in [0.5, 0.6) is 0 Å². The number of alkyl carbamates (subject to hydrolysis) is 1. The van der Waals surface area contributed by atoms with Gasteiger partial charge >= 0.3 is 6.09 Å². The number of nitrogens with zero attached hydrogens (tertiary/aromatic N) is 2. The normalized spacial score (nSPS) is 13.1. The number of methoxy groups -OCH3 is 1. The molecule has 1 heterocycles. The molecule has 1 aromatic rings. The molecule has 1 unspecified atom stereocenters. The Morgan fingerprint density at radius 3 is 2.79 bits per heavy atom. The molecule has 0 saturated carbocycles. The van der Waals surface area contributed by atoms with E-state index in [9.17, 15) is 4.79 Å². The van der Waals surface area contributed by atoms with Gasteiger partial charge in [-0.05, 0) is 27.7 Å². The van der Waals surface area contributed by atoms with Crippen molar-refractivity contribution in [3.05, 3.63) is 18.2 Å². The molecule has 6 heteroatoms. The Labute approximate surface area is 114 Å². The van der Waals surface area contributed by atoms with E-state index in [1.165, 1.54) is 0 Å². The summed E-state index contributed by atoms with van der Waals surface area (Å²) in [6.45, 7) is 8.69. The lowest BCUT2D eigenvalue weighted by Gasteiger charge is -2.22. The predicted octanol–water partition coefficient (Wildman–Crippen LogP) is 2.12. The van der Waals surface area contributed by atoms with Gasteiger partial charge < -0.3 is 19.4 Å². The maximum atomic E-state index is 11.7. The molecule has 0 aromatic carbocycles.